The molecule has 0 saturated heterocycles. The zero-order chi connectivity index (χ0) is 33.4. The number of nitrogens with two attached hydrogens (primary N) is 2. The Hall–Kier alpha value is -2.75. The molecule has 2 aromatic heterocycles. The van der Waals surface area contributed by atoms with Crippen LogP contribution >= 0.6 is 0 Å². The third kappa shape index (κ3) is 16.7. The van der Waals surface area contributed by atoms with Crippen molar-refractivity contribution in [3.63, 3.8) is 0 Å². The van der Waals surface area contributed by atoms with Crippen molar-refractivity contribution in [1.82, 2.24) is 19.5 Å². The summed E-state index contributed by atoms with van der Waals surface area (Å²) in [6, 6.07) is -0.676. The number of carbonyl (C=O) groups excluding carboxylic acids is 2. The van der Waals surface area contributed by atoms with Crippen LogP contribution in [-0.2, 0) is 25.6 Å². The van der Waals surface area contributed by atoms with Gasteiger partial charge < -0.3 is 25.5 Å². The minimum atomic E-state index is -0.676. The van der Waals surface area contributed by atoms with Crippen molar-refractivity contribution >= 4 is 29.1 Å². The Morgan fingerprint density at radius 2 is 1.35 bits per heavy atom. The number of aryl methyl sites for hydroxylation is 1. The van der Waals surface area contributed by atoms with Gasteiger partial charge in [-0.1, -0.05) is 130 Å². The zero-order valence-corrected chi connectivity index (χ0v) is 29.2. The SMILES string of the molecule is CCCCCCCCCCCCCCCCCCCC(=O)OCC(CCn1cnc2cnc(N)nc21)COC(=O)[C@@H](N)[C@@H](C)CC. The Balaban J connectivity index is 1.61. The van der Waals surface area contributed by atoms with E-state index in [-0.39, 0.29) is 37.0 Å². The van der Waals surface area contributed by atoms with Crippen LogP contribution in [0.4, 0.5) is 5.95 Å². The lowest BCUT2D eigenvalue weighted by atomic mass is 10.0. The average Bonchev–Trinajstić information content (AvgIpc) is 3.46. The molecule has 0 aliphatic heterocycles. The van der Waals surface area contributed by atoms with Gasteiger partial charge >= 0.3 is 11.9 Å². The quantitative estimate of drug-likeness (QED) is 0.0696. The number of fused-ring (bicyclic) bond motifs is 1. The molecule has 1 unspecified atom stereocenters. The summed E-state index contributed by atoms with van der Waals surface area (Å²) in [4.78, 5) is 37.7. The highest BCUT2D eigenvalue weighted by molar-refractivity contribution is 5.75. The summed E-state index contributed by atoms with van der Waals surface area (Å²) >= 11 is 0. The molecule has 0 bridgehead atoms. The second kappa shape index (κ2) is 24.4. The first kappa shape index (κ1) is 39.4. The van der Waals surface area contributed by atoms with Gasteiger partial charge in [0.25, 0.3) is 0 Å². The number of nitrogen functional groups attached to an aromatic ring is 1. The predicted octanol–water partition coefficient (Wildman–Crippen LogP) is 7.92. The van der Waals surface area contributed by atoms with Gasteiger partial charge in [-0.25, -0.2) is 9.97 Å². The molecule has 2 aromatic rings. The number of hydrogen-bond acceptors (Lipinski definition) is 9. The number of anilines is 1. The highest BCUT2D eigenvalue weighted by Gasteiger charge is 2.23. The number of esters is 2. The summed E-state index contributed by atoms with van der Waals surface area (Å²) in [5, 5.41) is 0. The van der Waals surface area contributed by atoms with E-state index < -0.39 is 12.0 Å². The summed E-state index contributed by atoms with van der Waals surface area (Å²) in [5.41, 5.74) is 13.1. The van der Waals surface area contributed by atoms with Gasteiger partial charge in [-0.2, -0.15) is 4.98 Å². The van der Waals surface area contributed by atoms with Crippen LogP contribution in [-0.4, -0.2) is 50.7 Å². The molecular weight excluding hydrogens is 580 g/mol. The molecule has 4 N–H and O–H groups in total. The average molecular weight is 645 g/mol. The van der Waals surface area contributed by atoms with Gasteiger partial charge in [0.1, 0.15) is 11.6 Å². The molecule has 262 valence electrons. The lowest BCUT2D eigenvalue weighted by Crippen LogP contribution is -2.39. The van der Waals surface area contributed by atoms with Crippen LogP contribution in [0, 0.1) is 11.8 Å². The highest BCUT2D eigenvalue weighted by atomic mass is 16.5. The van der Waals surface area contributed by atoms with Crippen LogP contribution in [0.15, 0.2) is 12.5 Å². The second-order valence-electron chi connectivity index (χ2n) is 13.2. The van der Waals surface area contributed by atoms with E-state index in [0.717, 1.165) is 25.7 Å². The van der Waals surface area contributed by atoms with E-state index in [2.05, 4.69) is 21.9 Å². The van der Waals surface area contributed by atoms with E-state index >= 15 is 0 Å². The maximum absolute atomic E-state index is 12.5. The molecule has 0 aliphatic rings. The smallest absolute Gasteiger partial charge is 0.323 e. The molecule has 0 fully saturated rings. The molecule has 46 heavy (non-hydrogen) atoms. The number of aromatic nitrogens is 4. The fourth-order valence-corrected chi connectivity index (χ4v) is 5.63. The summed E-state index contributed by atoms with van der Waals surface area (Å²) < 4.78 is 13.1. The van der Waals surface area contributed by atoms with Gasteiger partial charge in [0.15, 0.2) is 5.65 Å². The summed E-state index contributed by atoms with van der Waals surface area (Å²) in [6.07, 6.45) is 27.2. The van der Waals surface area contributed by atoms with Crippen LogP contribution in [0.1, 0.15) is 149 Å². The summed E-state index contributed by atoms with van der Waals surface area (Å²) in [5.74, 6) is -0.623. The van der Waals surface area contributed by atoms with Crippen molar-refractivity contribution in [2.24, 2.45) is 17.6 Å². The number of nitrogens with zero attached hydrogens (tertiary/aromatic N) is 4. The lowest BCUT2D eigenvalue weighted by Gasteiger charge is -2.21. The first-order valence-corrected chi connectivity index (χ1v) is 18.4. The van der Waals surface area contributed by atoms with Crippen molar-refractivity contribution in [3.8, 4) is 0 Å². The number of hydrogen-bond donors (Lipinski definition) is 2. The monoisotopic (exact) mass is 644 g/mol. The molecule has 2 rings (SSSR count). The number of rotatable bonds is 28. The molecule has 0 amide bonds. The van der Waals surface area contributed by atoms with Crippen molar-refractivity contribution in [3.05, 3.63) is 12.5 Å². The van der Waals surface area contributed by atoms with Crippen molar-refractivity contribution in [2.75, 3.05) is 18.9 Å². The fourth-order valence-electron chi connectivity index (χ4n) is 5.63. The Bertz CT molecular complexity index is 1090. The molecule has 10 nitrogen and oxygen atoms in total. The Morgan fingerprint density at radius 1 is 0.804 bits per heavy atom. The number of imidazole rings is 1. The van der Waals surface area contributed by atoms with Crippen LogP contribution < -0.4 is 11.5 Å². The lowest BCUT2D eigenvalue weighted by molar-refractivity contribution is -0.151. The Kier molecular flexibility index (Phi) is 20.9. The Labute approximate surface area is 278 Å². The summed E-state index contributed by atoms with van der Waals surface area (Å²) in [6.45, 7) is 7.04. The molecule has 0 radical (unpaired) electrons. The standard InChI is InChI=1S/C36H64N6O4/c1-4-6-7-8-9-10-11-12-13-14-15-16-17-18-19-20-21-22-32(43)45-26-30(27-46-35(44)33(37)29(3)5-2)23-24-42-28-40-31-25-39-36(38)41-34(31)42/h25,28-30,33H,4-24,26-27,37H2,1-3H3,(H2,38,39,41)/t29-,30?,33-/m0/s1. The number of ether oxygens (including phenoxy) is 2. The van der Waals surface area contributed by atoms with Crippen molar-refractivity contribution in [2.45, 2.75) is 162 Å². The zero-order valence-electron chi connectivity index (χ0n) is 29.2. The van der Waals surface area contributed by atoms with Crippen LogP contribution in [0.3, 0.4) is 0 Å². The van der Waals surface area contributed by atoms with Gasteiger partial charge in [0.05, 0.1) is 25.7 Å². The van der Waals surface area contributed by atoms with Gasteiger partial charge in [0.2, 0.25) is 5.95 Å². The van der Waals surface area contributed by atoms with Crippen LogP contribution in [0.5, 0.6) is 0 Å². The van der Waals surface area contributed by atoms with Crippen LogP contribution in [0.2, 0.25) is 0 Å². The van der Waals surface area contributed by atoms with Gasteiger partial charge in [0, 0.05) is 18.9 Å². The van der Waals surface area contributed by atoms with Gasteiger partial charge in [-0.3, -0.25) is 9.59 Å². The van der Waals surface area contributed by atoms with Crippen molar-refractivity contribution in [1.29, 1.82) is 0 Å². The minimum Gasteiger partial charge on any atom is -0.465 e. The van der Waals surface area contributed by atoms with E-state index in [4.69, 9.17) is 20.9 Å². The first-order chi connectivity index (χ1) is 22.3. The maximum atomic E-state index is 12.5. The van der Waals surface area contributed by atoms with Crippen molar-refractivity contribution < 1.29 is 19.1 Å². The minimum absolute atomic E-state index is 0.0239. The third-order valence-corrected chi connectivity index (χ3v) is 9.11. The largest absolute Gasteiger partial charge is 0.465 e. The second-order valence-corrected chi connectivity index (χ2v) is 13.2. The third-order valence-electron chi connectivity index (χ3n) is 9.11. The molecular formula is C36H64N6O4. The molecule has 0 spiro atoms. The highest BCUT2D eigenvalue weighted by Crippen LogP contribution is 2.17. The van der Waals surface area contributed by atoms with Gasteiger partial charge in [-0.05, 0) is 18.8 Å². The molecule has 3 atom stereocenters. The number of carbonyl (C=O) groups is 2. The molecule has 10 heteroatoms. The molecule has 0 saturated carbocycles. The van der Waals surface area contributed by atoms with E-state index in [9.17, 15) is 9.59 Å². The number of unbranched alkanes of at least 4 members (excludes halogenated alkanes) is 16. The Morgan fingerprint density at radius 3 is 1.91 bits per heavy atom. The molecule has 0 aromatic carbocycles. The van der Waals surface area contributed by atoms with Gasteiger partial charge in [-0.15, -0.1) is 0 Å². The predicted molar refractivity (Wildman–Crippen MR) is 186 cm³/mol. The normalized spacial score (nSPS) is 13.5. The molecule has 0 aliphatic carbocycles. The molecule has 2 heterocycles. The van der Waals surface area contributed by atoms with E-state index in [1.807, 2.05) is 18.4 Å². The topological polar surface area (TPSA) is 148 Å². The van der Waals surface area contributed by atoms with E-state index in [1.54, 1.807) is 12.5 Å². The summed E-state index contributed by atoms with van der Waals surface area (Å²) in [7, 11) is 0. The first-order valence-electron chi connectivity index (χ1n) is 18.4. The van der Waals surface area contributed by atoms with Crippen LogP contribution in [0.25, 0.3) is 11.2 Å². The fraction of sp³-hybridized carbons (Fsp3) is 0.806. The van der Waals surface area contributed by atoms with E-state index in [1.165, 1.54) is 89.9 Å². The maximum Gasteiger partial charge on any atom is 0.323 e. The van der Waals surface area contributed by atoms with E-state index in [0.29, 0.717) is 30.6 Å².